The van der Waals surface area contributed by atoms with Crippen LogP contribution in [0, 0.1) is 34.5 Å². The number of hydrogen-bond donors (Lipinski definition) is 4. The molecule has 0 aromatic heterocycles. The fourth-order valence-corrected chi connectivity index (χ4v) is 7.15. The van der Waals surface area contributed by atoms with Crippen molar-refractivity contribution >= 4 is 5.97 Å². The number of allylic oxidation sites excluding steroid dienone is 1. The molecule has 0 heterocycles. The molecule has 0 saturated heterocycles. The van der Waals surface area contributed by atoms with Crippen LogP contribution in [0.25, 0.3) is 0 Å². The van der Waals surface area contributed by atoms with E-state index in [4.69, 9.17) is 0 Å². The van der Waals surface area contributed by atoms with E-state index in [1.54, 1.807) is 0 Å². The second-order valence-electron chi connectivity index (χ2n) is 9.59. The number of rotatable bonds is 1. The number of aliphatic carboxylic acids is 1. The Kier molecular flexibility index (Phi) is 4.07. The summed E-state index contributed by atoms with van der Waals surface area (Å²) in [6.07, 6.45) is 0.0799. The third kappa shape index (κ3) is 2.28. The van der Waals surface area contributed by atoms with Crippen LogP contribution in [0.1, 0.15) is 52.4 Å². The Bertz CT molecular complexity index is 663. The Morgan fingerprint density at radius 2 is 1.77 bits per heavy atom. The van der Waals surface area contributed by atoms with Gasteiger partial charge in [-0.1, -0.05) is 13.8 Å². The van der Waals surface area contributed by atoms with Crippen LogP contribution in [0.4, 0.5) is 4.39 Å². The Hall–Kier alpha value is -0.980. The van der Waals surface area contributed by atoms with Crippen molar-refractivity contribution in [2.24, 2.45) is 34.5 Å². The van der Waals surface area contributed by atoms with Crippen LogP contribution < -0.4 is 0 Å². The molecule has 0 aliphatic heterocycles. The van der Waals surface area contributed by atoms with Crippen LogP contribution in [0.15, 0.2) is 11.4 Å². The summed E-state index contributed by atoms with van der Waals surface area (Å²) in [6, 6.07) is 0. The van der Waals surface area contributed by atoms with Crippen molar-refractivity contribution in [1.82, 2.24) is 0 Å². The van der Waals surface area contributed by atoms with Crippen molar-refractivity contribution in [2.45, 2.75) is 70.7 Å². The number of carboxylic acid groups (broad SMARTS) is 1. The normalized spacial score (nSPS) is 53.7. The standard InChI is InChI=1S/C20H29FO5/c1-19-8-15(23)17-9(11(19)3-4-16(19)24)5-13(21)12-6-14(22)10(18(25)26)7-20(12,17)2/h9-11,14-17,22-24H,3-8H2,1-2H3,(H,25,26)/t9-,10?,11-,14?,15?,16?,17-,19-,20-/m0/s1. The number of carboxylic acids is 1. The molecule has 5 nitrogen and oxygen atoms in total. The zero-order valence-corrected chi connectivity index (χ0v) is 15.4. The second kappa shape index (κ2) is 5.76. The van der Waals surface area contributed by atoms with Gasteiger partial charge >= 0.3 is 5.97 Å². The summed E-state index contributed by atoms with van der Waals surface area (Å²) in [5.74, 6) is -2.44. The van der Waals surface area contributed by atoms with Crippen LogP contribution in [-0.2, 0) is 4.79 Å². The van der Waals surface area contributed by atoms with Gasteiger partial charge in [-0.2, -0.15) is 0 Å². The van der Waals surface area contributed by atoms with Gasteiger partial charge < -0.3 is 20.4 Å². The smallest absolute Gasteiger partial charge is 0.309 e. The van der Waals surface area contributed by atoms with Gasteiger partial charge in [-0.25, -0.2) is 4.39 Å². The van der Waals surface area contributed by atoms with E-state index in [-0.39, 0.29) is 42.8 Å². The zero-order chi connectivity index (χ0) is 19.0. The predicted molar refractivity (Wildman–Crippen MR) is 91.7 cm³/mol. The van der Waals surface area contributed by atoms with E-state index in [2.05, 4.69) is 0 Å². The fourth-order valence-electron chi connectivity index (χ4n) is 7.15. The van der Waals surface area contributed by atoms with Gasteiger partial charge in [0.25, 0.3) is 0 Å². The molecule has 146 valence electrons. The highest BCUT2D eigenvalue weighted by atomic mass is 19.1. The topological polar surface area (TPSA) is 98.0 Å². The zero-order valence-electron chi connectivity index (χ0n) is 15.4. The Balaban J connectivity index is 1.78. The molecule has 4 N–H and O–H groups in total. The van der Waals surface area contributed by atoms with Crippen molar-refractivity contribution in [3.8, 4) is 0 Å². The number of halogens is 1. The van der Waals surface area contributed by atoms with Crippen LogP contribution in [0.5, 0.6) is 0 Å². The van der Waals surface area contributed by atoms with Crippen molar-refractivity contribution in [3.05, 3.63) is 11.4 Å². The molecule has 3 fully saturated rings. The molecule has 0 bridgehead atoms. The molecule has 4 aliphatic carbocycles. The number of fused-ring (bicyclic) bond motifs is 5. The summed E-state index contributed by atoms with van der Waals surface area (Å²) in [6.45, 7) is 3.87. The van der Waals surface area contributed by atoms with Crippen molar-refractivity contribution in [2.75, 3.05) is 0 Å². The molecule has 0 radical (unpaired) electrons. The fraction of sp³-hybridized carbons (Fsp3) is 0.850. The monoisotopic (exact) mass is 368 g/mol. The molecule has 0 aromatic rings. The minimum Gasteiger partial charge on any atom is -0.481 e. The first-order valence-corrected chi connectivity index (χ1v) is 9.74. The highest BCUT2D eigenvalue weighted by Gasteiger charge is 2.63. The number of aliphatic hydroxyl groups excluding tert-OH is 3. The van der Waals surface area contributed by atoms with E-state index in [9.17, 15) is 25.2 Å². The first kappa shape index (κ1) is 18.4. The van der Waals surface area contributed by atoms with Gasteiger partial charge in [0.2, 0.25) is 0 Å². The van der Waals surface area contributed by atoms with E-state index in [1.165, 1.54) is 0 Å². The van der Waals surface area contributed by atoms with Gasteiger partial charge in [0.05, 0.1) is 24.2 Å². The minimum atomic E-state index is -1.09. The highest BCUT2D eigenvalue weighted by molar-refractivity contribution is 5.71. The van der Waals surface area contributed by atoms with E-state index >= 15 is 4.39 Å². The van der Waals surface area contributed by atoms with Crippen LogP contribution in [0.2, 0.25) is 0 Å². The Morgan fingerprint density at radius 1 is 1.08 bits per heavy atom. The molecule has 0 aromatic carbocycles. The third-order valence-electron chi connectivity index (χ3n) is 8.41. The lowest BCUT2D eigenvalue weighted by molar-refractivity contribution is -0.161. The Labute approximate surface area is 152 Å². The second-order valence-corrected chi connectivity index (χ2v) is 9.59. The third-order valence-corrected chi connectivity index (χ3v) is 8.41. The highest BCUT2D eigenvalue weighted by Crippen LogP contribution is 2.66. The van der Waals surface area contributed by atoms with Gasteiger partial charge in [0, 0.05) is 6.42 Å². The molecular formula is C20H29FO5. The van der Waals surface area contributed by atoms with Crippen LogP contribution in [-0.4, -0.2) is 44.7 Å². The van der Waals surface area contributed by atoms with E-state index in [0.29, 0.717) is 18.4 Å². The van der Waals surface area contributed by atoms with Gasteiger partial charge in [0.15, 0.2) is 0 Å². The maximum atomic E-state index is 15.1. The molecule has 0 amide bonds. The summed E-state index contributed by atoms with van der Waals surface area (Å²) in [5.41, 5.74) is -0.663. The molecule has 3 saturated carbocycles. The summed E-state index contributed by atoms with van der Waals surface area (Å²) < 4.78 is 15.1. The first-order valence-electron chi connectivity index (χ1n) is 9.74. The summed E-state index contributed by atoms with van der Waals surface area (Å²) in [4.78, 5) is 11.6. The average Bonchev–Trinajstić information content (AvgIpc) is 2.83. The minimum absolute atomic E-state index is 0.0276. The van der Waals surface area contributed by atoms with Gasteiger partial charge in [-0.15, -0.1) is 0 Å². The number of carbonyl (C=O) groups is 1. The van der Waals surface area contributed by atoms with Crippen LogP contribution in [0.3, 0.4) is 0 Å². The lowest BCUT2D eigenvalue weighted by Crippen LogP contribution is -2.58. The molecule has 9 atom stereocenters. The lowest BCUT2D eigenvalue weighted by Gasteiger charge is -2.60. The molecule has 26 heavy (non-hydrogen) atoms. The van der Waals surface area contributed by atoms with Crippen molar-refractivity contribution in [1.29, 1.82) is 0 Å². The number of hydrogen-bond acceptors (Lipinski definition) is 4. The summed E-state index contributed by atoms with van der Waals surface area (Å²) in [5, 5.41) is 41.2. The van der Waals surface area contributed by atoms with Crippen LogP contribution >= 0.6 is 0 Å². The first-order chi connectivity index (χ1) is 12.1. The van der Waals surface area contributed by atoms with E-state index in [1.807, 2.05) is 13.8 Å². The van der Waals surface area contributed by atoms with E-state index in [0.717, 1.165) is 6.42 Å². The van der Waals surface area contributed by atoms with Crippen molar-refractivity contribution < 1.29 is 29.6 Å². The van der Waals surface area contributed by atoms with Crippen molar-refractivity contribution in [3.63, 3.8) is 0 Å². The molecular weight excluding hydrogens is 339 g/mol. The molecule has 6 heteroatoms. The quantitative estimate of drug-likeness (QED) is 0.569. The SMILES string of the molecule is C[C@]12CC(C(=O)O)C(O)CC1=C(F)C[C@@H]1[C@H]2C(O)C[C@]2(C)C(O)CC[C@@H]12. The predicted octanol–water partition coefficient (Wildman–Crippen LogP) is 2.25. The number of aliphatic hydroxyl groups is 3. The van der Waals surface area contributed by atoms with Gasteiger partial charge in [0.1, 0.15) is 5.83 Å². The van der Waals surface area contributed by atoms with E-state index < -0.39 is 41.0 Å². The van der Waals surface area contributed by atoms with Gasteiger partial charge in [-0.05, 0) is 66.3 Å². The molecule has 4 unspecified atom stereocenters. The maximum absolute atomic E-state index is 15.1. The summed E-state index contributed by atoms with van der Waals surface area (Å²) in [7, 11) is 0. The largest absolute Gasteiger partial charge is 0.481 e. The molecule has 4 aliphatic rings. The Morgan fingerprint density at radius 3 is 2.42 bits per heavy atom. The molecule has 4 rings (SSSR count). The molecule has 0 spiro atoms. The lowest BCUT2D eigenvalue weighted by atomic mass is 9.46. The average molecular weight is 368 g/mol. The van der Waals surface area contributed by atoms with Gasteiger partial charge in [-0.3, -0.25) is 4.79 Å². The summed E-state index contributed by atoms with van der Waals surface area (Å²) >= 11 is 0. The maximum Gasteiger partial charge on any atom is 0.309 e.